The molecular weight excluding hydrogens is 261 g/mol. The van der Waals surface area contributed by atoms with Gasteiger partial charge in [0.1, 0.15) is 12.3 Å². The van der Waals surface area contributed by atoms with Gasteiger partial charge >= 0.3 is 0 Å². The third kappa shape index (κ3) is 3.22. The first-order chi connectivity index (χ1) is 8.15. The van der Waals surface area contributed by atoms with Crippen molar-refractivity contribution < 1.29 is 4.74 Å². The first-order valence-electron chi connectivity index (χ1n) is 4.80. The molecule has 88 valence electrons. The van der Waals surface area contributed by atoms with Gasteiger partial charge < -0.3 is 10.5 Å². The Bertz CT molecular complexity index is 517. The van der Waals surface area contributed by atoms with E-state index >= 15 is 0 Å². The van der Waals surface area contributed by atoms with E-state index in [2.05, 4.69) is 9.97 Å². The highest BCUT2D eigenvalue weighted by molar-refractivity contribution is 6.30. The predicted octanol–water partition coefficient (Wildman–Crippen LogP) is 2.94. The van der Waals surface area contributed by atoms with Gasteiger partial charge in [0, 0.05) is 5.02 Å². The SMILES string of the molecule is Nc1cnc(Cl)nc1OCc1ccc(Cl)cc1. The van der Waals surface area contributed by atoms with Crippen LogP contribution in [0.3, 0.4) is 0 Å². The average Bonchev–Trinajstić information content (AvgIpc) is 2.32. The Labute approximate surface area is 108 Å². The van der Waals surface area contributed by atoms with Gasteiger partial charge in [0.05, 0.1) is 6.20 Å². The van der Waals surface area contributed by atoms with Crippen molar-refractivity contribution in [2.75, 3.05) is 5.73 Å². The molecule has 2 aromatic rings. The van der Waals surface area contributed by atoms with Gasteiger partial charge in [0.15, 0.2) is 0 Å². The summed E-state index contributed by atoms with van der Waals surface area (Å²) in [5.74, 6) is 0.278. The maximum atomic E-state index is 5.78. The minimum atomic E-state index is 0.102. The number of ether oxygens (including phenoxy) is 1. The standard InChI is InChI=1S/C11H9Cl2N3O/c12-8-3-1-7(2-4-8)6-17-10-9(14)5-15-11(13)16-10/h1-5H,6,14H2. The highest BCUT2D eigenvalue weighted by atomic mass is 35.5. The molecule has 0 bridgehead atoms. The third-order valence-electron chi connectivity index (χ3n) is 2.04. The Hall–Kier alpha value is -1.52. The quantitative estimate of drug-likeness (QED) is 0.871. The number of nitrogens with zero attached hydrogens (tertiary/aromatic N) is 2. The topological polar surface area (TPSA) is 61.0 Å². The molecule has 0 radical (unpaired) electrons. The number of hydrogen-bond donors (Lipinski definition) is 1. The van der Waals surface area contributed by atoms with Gasteiger partial charge in [-0.3, -0.25) is 0 Å². The molecule has 2 rings (SSSR count). The number of aromatic nitrogens is 2. The number of rotatable bonds is 3. The molecule has 0 aliphatic carbocycles. The molecule has 6 heteroatoms. The monoisotopic (exact) mass is 269 g/mol. The van der Waals surface area contributed by atoms with Gasteiger partial charge in [0.25, 0.3) is 0 Å². The zero-order chi connectivity index (χ0) is 12.3. The highest BCUT2D eigenvalue weighted by Crippen LogP contribution is 2.20. The number of benzene rings is 1. The van der Waals surface area contributed by atoms with Crippen LogP contribution in [0.5, 0.6) is 5.88 Å². The second kappa shape index (κ2) is 5.21. The van der Waals surface area contributed by atoms with Crippen molar-refractivity contribution in [2.24, 2.45) is 0 Å². The molecule has 0 aliphatic rings. The molecule has 4 nitrogen and oxygen atoms in total. The van der Waals surface area contributed by atoms with Crippen molar-refractivity contribution in [3.05, 3.63) is 46.3 Å². The molecule has 1 aromatic heterocycles. The summed E-state index contributed by atoms with van der Waals surface area (Å²) in [5.41, 5.74) is 6.96. The summed E-state index contributed by atoms with van der Waals surface area (Å²) in [4.78, 5) is 7.62. The Kier molecular flexibility index (Phi) is 3.66. The van der Waals surface area contributed by atoms with Crippen LogP contribution in [0.1, 0.15) is 5.56 Å². The van der Waals surface area contributed by atoms with E-state index in [-0.39, 0.29) is 11.2 Å². The van der Waals surface area contributed by atoms with Crippen LogP contribution in [-0.2, 0) is 6.61 Å². The number of nitrogen functional groups attached to an aromatic ring is 1. The molecule has 0 amide bonds. The van der Waals surface area contributed by atoms with Crippen LogP contribution in [0, 0.1) is 0 Å². The van der Waals surface area contributed by atoms with Crippen molar-refractivity contribution in [1.29, 1.82) is 0 Å². The van der Waals surface area contributed by atoms with Gasteiger partial charge in [-0.2, -0.15) is 4.98 Å². The first kappa shape index (κ1) is 12.0. The van der Waals surface area contributed by atoms with Crippen molar-refractivity contribution in [2.45, 2.75) is 6.61 Å². The van der Waals surface area contributed by atoms with Crippen LogP contribution in [0.25, 0.3) is 0 Å². The molecule has 1 heterocycles. The lowest BCUT2D eigenvalue weighted by molar-refractivity contribution is 0.295. The minimum Gasteiger partial charge on any atom is -0.471 e. The summed E-state index contributed by atoms with van der Waals surface area (Å²) < 4.78 is 5.44. The summed E-state index contributed by atoms with van der Waals surface area (Å²) >= 11 is 11.4. The van der Waals surface area contributed by atoms with Crippen molar-refractivity contribution in [3.63, 3.8) is 0 Å². The molecule has 17 heavy (non-hydrogen) atoms. The van der Waals surface area contributed by atoms with Crippen LogP contribution >= 0.6 is 23.2 Å². The van der Waals surface area contributed by atoms with Crippen LogP contribution in [0.15, 0.2) is 30.5 Å². The Balaban J connectivity index is 2.07. The fourth-order valence-electron chi connectivity index (χ4n) is 1.20. The smallest absolute Gasteiger partial charge is 0.241 e. The van der Waals surface area contributed by atoms with Crippen LogP contribution in [0.2, 0.25) is 10.3 Å². The molecule has 0 saturated carbocycles. The maximum Gasteiger partial charge on any atom is 0.241 e. The van der Waals surface area contributed by atoms with Crippen LogP contribution in [-0.4, -0.2) is 9.97 Å². The molecule has 0 spiro atoms. The van der Waals surface area contributed by atoms with E-state index in [1.165, 1.54) is 6.20 Å². The fraction of sp³-hybridized carbons (Fsp3) is 0.0909. The zero-order valence-electron chi connectivity index (χ0n) is 8.73. The second-order valence-corrected chi connectivity index (χ2v) is 4.09. The normalized spacial score (nSPS) is 10.2. The van der Waals surface area contributed by atoms with Gasteiger partial charge in [-0.25, -0.2) is 4.98 Å². The number of nitrogens with two attached hydrogens (primary N) is 1. The van der Waals surface area contributed by atoms with E-state index in [9.17, 15) is 0 Å². The summed E-state index contributed by atoms with van der Waals surface area (Å²) in [6, 6.07) is 7.30. The maximum absolute atomic E-state index is 5.78. The van der Waals surface area contributed by atoms with E-state index in [1.807, 2.05) is 12.1 Å². The molecular formula is C11H9Cl2N3O. The fourth-order valence-corrected chi connectivity index (χ4v) is 1.45. The highest BCUT2D eigenvalue weighted by Gasteiger charge is 2.04. The molecule has 0 unspecified atom stereocenters. The van der Waals surface area contributed by atoms with Crippen molar-refractivity contribution in [3.8, 4) is 5.88 Å². The largest absolute Gasteiger partial charge is 0.471 e. The number of hydrogen-bond acceptors (Lipinski definition) is 4. The summed E-state index contributed by atoms with van der Waals surface area (Å²) in [6.45, 7) is 0.342. The number of anilines is 1. The summed E-state index contributed by atoms with van der Waals surface area (Å²) in [6.07, 6.45) is 1.41. The lowest BCUT2D eigenvalue weighted by atomic mass is 10.2. The second-order valence-electron chi connectivity index (χ2n) is 3.31. The molecule has 0 aliphatic heterocycles. The molecule has 0 atom stereocenters. The van der Waals surface area contributed by atoms with E-state index in [1.54, 1.807) is 12.1 Å². The van der Waals surface area contributed by atoms with E-state index in [0.29, 0.717) is 17.3 Å². The third-order valence-corrected chi connectivity index (χ3v) is 2.47. The molecule has 2 N–H and O–H groups in total. The van der Waals surface area contributed by atoms with Gasteiger partial charge in [-0.1, -0.05) is 23.7 Å². The molecule has 0 saturated heterocycles. The van der Waals surface area contributed by atoms with Gasteiger partial charge in [0.2, 0.25) is 11.2 Å². The van der Waals surface area contributed by atoms with Crippen LogP contribution in [0.4, 0.5) is 5.69 Å². The van der Waals surface area contributed by atoms with E-state index in [0.717, 1.165) is 5.56 Å². The van der Waals surface area contributed by atoms with Gasteiger partial charge in [-0.15, -0.1) is 0 Å². The molecule has 0 fully saturated rings. The first-order valence-corrected chi connectivity index (χ1v) is 5.56. The lowest BCUT2D eigenvalue weighted by Gasteiger charge is -2.07. The van der Waals surface area contributed by atoms with Crippen molar-refractivity contribution in [1.82, 2.24) is 9.97 Å². The van der Waals surface area contributed by atoms with E-state index < -0.39 is 0 Å². The Morgan fingerprint density at radius 3 is 2.59 bits per heavy atom. The lowest BCUT2D eigenvalue weighted by Crippen LogP contribution is -2.01. The number of halogens is 2. The summed E-state index contributed by atoms with van der Waals surface area (Å²) in [7, 11) is 0. The Morgan fingerprint density at radius 2 is 1.88 bits per heavy atom. The predicted molar refractivity (Wildman–Crippen MR) is 67.2 cm³/mol. The zero-order valence-corrected chi connectivity index (χ0v) is 10.2. The van der Waals surface area contributed by atoms with Crippen LogP contribution < -0.4 is 10.5 Å². The molecule has 1 aromatic carbocycles. The van der Waals surface area contributed by atoms with Gasteiger partial charge in [-0.05, 0) is 29.3 Å². The van der Waals surface area contributed by atoms with Crippen molar-refractivity contribution >= 4 is 28.9 Å². The minimum absolute atomic E-state index is 0.102. The van der Waals surface area contributed by atoms with E-state index in [4.69, 9.17) is 33.7 Å². The average molecular weight is 270 g/mol. The summed E-state index contributed by atoms with van der Waals surface area (Å²) in [5, 5.41) is 0.781. The Morgan fingerprint density at radius 1 is 1.18 bits per heavy atom.